The van der Waals surface area contributed by atoms with Crippen molar-refractivity contribution in [2.75, 3.05) is 5.32 Å². The lowest BCUT2D eigenvalue weighted by atomic mass is 9.92. The van der Waals surface area contributed by atoms with Crippen molar-refractivity contribution < 1.29 is 0 Å². The molecule has 3 rings (SSSR count). The Bertz CT molecular complexity index is 490. The van der Waals surface area contributed by atoms with Crippen molar-refractivity contribution in [2.24, 2.45) is 0 Å². The number of aryl methyl sites for hydroxylation is 1. The number of pyridine rings is 1. The zero-order chi connectivity index (χ0) is 11.5. The van der Waals surface area contributed by atoms with Crippen molar-refractivity contribution >= 4 is 5.69 Å². The molecule has 0 atom stereocenters. The lowest BCUT2D eigenvalue weighted by Gasteiger charge is -2.19. The standard InChI is InChI=1S/C13H16N4/c1-2-4-12-11(3-1)8-14-9-13(12)15-5-10-6-16-17-7-10/h6-9,15H,1-5H2,(H,16,17). The second-order valence-electron chi connectivity index (χ2n) is 4.49. The largest absolute Gasteiger partial charge is 0.379 e. The molecule has 0 aromatic carbocycles. The smallest absolute Gasteiger partial charge is 0.0564 e. The van der Waals surface area contributed by atoms with E-state index in [-0.39, 0.29) is 0 Å². The van der Waals surface area contributed by atoms with Crippen molar-refractivity contribution in [3.8, 4) is 0 Å². The number of fused-ring (bicyclic) bond motifs is 1. The average molecular weight is 228 g/mol. The highest BCUT2D eigenvalue weighted by molar-refractivity contribution is 5.53. The second kappa shape index (κ2) is 4.57. The Hall–Kier alpha value is -1.84. The Morgan fingerprint density at radius 1 is 1.18 bits per heavy atom. The van der Waals surface area contributed by atoms with Gasteiger partial charge < -0.3 is 5.32 Å². The van der Waals surface area contributed by atoms with Gasteiger partial charge in [0.15, 0.2) is 0 Å². The first-order valence-electron chi connectivity index (χ1n) is 6.11. The molecule has 2 N–H and O–H groups in total. The first-order valence-corrected chi connectivity index (χ1v) is 6.11. The van der Waals surface area contributed by atoms with E-state index >= 15 is 0 Å². The fourth-order valence-electron chi connectivity index (χ4n) is 2.38. The van der Waals surface area contributed by atoms with Crippen LogP contribution in [0, 0.1) is 0 Å². The zero-order valence-electron chi connectivity index (χ0n) is 9.74. The maximum Gasteiger partial charge on any atom is 0.0564 e. The van der Waals surface area contributed by atoms with Crippen LogP contribution in [0.15, 0.2) is 24.8 Å². The zero-order valence-corrected chi connectivity index (χ0v) is 9.74. The summed E-state index contributed by atoms with van der Waals surface area (Å²) in [5.41, 5.74) is 5.21. The van der Waals surface area contributed by atoms with Crippen molar-refractivity contribution in [3.63, 3.8) is 0 Å². The van der Waals surface area contributed by atoms with E-state index in [2.05, 4.69) is 20.5 Å². The third-order valence-electron chi connectivity index (χ3n) is 3.31. The predicted octanol–water partition coefficient (Wildman–Crippen LogP) is 2.30. The normalized spacial score (nSPS) is 14.4. The van der Waals surface area contributed by atoms with Crippen LogP contribution in [0.4, 0.5) is 5.69 Å². The van der Waals surface area contributed by atoms with Crippen molar-refractivity contribution in [1.82, 2.24) is 15.2 Å². The topological polar surface area (TPSA) is 53.6 Å². The summed E-state index contributed by atoms with van der Waals surface area (Å²) in [6.07, 6.45) is 12.6. The number of hydrogen-bond acceptors (Lipinski definition) is 3. The Balaban J connectivity index is 1.78. The monoisotopic (exact) mass is 228 g/mol. The van der Waals surface area contributed by atoms with Crippen LogP contribution in [-0.2, 0) is 19.4 Å². The lowest BCUT2D eigenvalue weighted by Crippen LogP contribution is -2.09. The van der Waals surface area contributed by atoms with Gasteiger partial charge in [0.2, 0.25) is 0 Å². The highest BCUT2D eigenvalue weighted by Gasteiger charge is 2.13. The number of aromatic nitrogens is 3. The minimum atomic E-state index is 0.800. The van der Waals surface area contributed by atoms with Gasteiger partial charge in [-0.1, -0.05) is 0 Å². The Labute approximate surface area is 100 Å². The van der Waals surface area contributed by atoms with Gasteiger partial charge in [0.05, 0.1) is 18.1 Å². The summed E-state index contributed by atoms with van der Waals surface area (Å²) in [5.74, 6) is 0. The predicted molar refractivity (Wildman–Crippen MR) is 66.8 cm³/mol. The van der Waals surface area contributed by atoms with Crippen LogP contribution in [-0.4, -0.2) is 15.2 Å². The number of hydrogen-bond donors (Lipinski definition) is 2. The van der Waals surface area contributed by atoms with Crippen LogP contribution in [0.5, 0.6) is 0 Å². The Kier molecular flexibility index (Phi) is 2.78. The highest BCUT2D eigenvalue weighted by atomic mass is 15.1. The van der Waals surface area contributed by atoms with E-state index in [1.54, 1.807) is 0 Å². The van der Waals surface area contributed by atoms with Gasteiger partial charge in [-0.2, -0.15) is 5.10 Å². The van der Waals surface area contributed by atoms with Gasteiger partial charge in [-0.15, -0.1) is 0 Å². The third kappa shape index (κ3) is 2.16. The summed E-state index contributed by atoms with van der Waals surface area (Å²) >= 11 is 0. The molecule has 0 bridgehead atoms. The summed E-state index contributed by atoms with van der Waals surface area (Å²) in [6.45, 7) is 0.800. The van der Waals surface area contributed by atoms with Crippen molar-refractivity contribution in [1.29, 1.82) is 0 Å². The molecule has 0 aliphatic heterocycles. The van der Waals surface area contributed by atoms with E-state index < -0.39 is 0 Å². The summed E-state index contributed by atoms with van der Waals surface area (Å²) in [7, 11) is 0. The molecule has 0 radical (unpaired) electrons. The van der Waals surface area contributed by atoms with E-state index in [0.29, 0.717) is 0 Å². The van der Waals surface area contributed by atoms with E-state index in [1.165, 1.54) is 48.1 Å². The van der Waals surface area contributed by atoms with Gasteiger partial charge in [-0.25, -0.2) is 0 Å². The second-order valence-corrected chi connectivity index (χ2v) is 4.49. The first kappa shape index (κ1) is 10.3. The van der Waals surface area contributed by atoms with Crippen LogP contribution >= 0.6 is 0 Å². The first-order chi connectivity index (χ1) is 8.43. The van der Waals surface area contributed by atoms with Crippen LogP contribution in [0.25, 0.3) is 0 Å². The van der Waals surface area contributed by atoms with Crippen LogP contribution in [0.3, 0.4) is 0 Å². The van der Waals surface area contributed by atoms with Crippen LogP contribution in [0.1, 0.15) is 29.5 Å². The maximum absolute atomic E-state index is 4.31. The molecule has 1 aliphatic carbocycles. The molecule has 1 aliphatic rings. The van der Waals surface area contributed by atoms with Gasteiger partial charge in [0.25, 0.3) is 0 Å². The van der Waals surface area contributed by atoms with E-state index in [0.717, 1.165) is 6.54 Å². The number of nitrogens with zero attached hydrogens (tertiary/aromatic N) is 2. The molecule has 2 aromatic heterocycles. The summed E-state index contributed by atoms with van der Waals surface area (Å²) in [6, 6.07) is 0. The summed E-state index contributed by atoms with van der Waals surface area (Å²) in [4.78, 5) is 4.31. The fraction of sp³-hybridized carbons (Fsp3) is 0.385. The molecule has 0 unspecified atom stereocenters. The molecule has 4 nitrogen and oxygen atoms in total. The molecule has 0 saturated heterocycles. The molecule has 0 fully saturated rings. The van der Waals surface area contributed by atoms with E-state index in [9.17, 15) is 0 Å². The number of anilines is 1. The number of aromatic amines is 1. The lowest BCUT2D eigenvalue weighted by molar-refractivity contribution is 0.683. The summed E-state index contributed by atoms with van der Waals surface area (Å²) in [5, 5.41) is 10.2. The van der Waals surface area contributed by atoms with Gasteiger partial charge >= 0.3 is 0 Å². The van der Waals surface area contributed by atoms with Gasteiger partial charge in [0.1, 0.15) is 0 Å². The van der Waals surface area contributed by atoms with Gasteiger partial charge in [-0.3, -0.25) is 10.1 Å². The molecule has 4 heteroatoms. The SMILES string of the molecule is c1n[nH]cc1CNc1cncc2c1CCCC2. The van der Waals surface area contributed by atoms with Gasteiger partial charge in [-0.05, 0) is 36.8 Å². The molecule has 0 amide bonds. The minimum absolute atomic E-state index is 0.800. The molecule has 2 heterocycles. The van der Waals surface area contributed by atoms with Crippen molar-refractivity contribution in [2.45, 2.75) is 32.2 Å². The summed E-state index contributed by atoms with van der Waals surface area (Å²) < 4.78 is 0. The third-order valence-corrected chi connectivity index (χ3v) is 3.31. The minimum Gasteiger partial charge on any atom is -0.379 e. The molecular formula is C13H16N4. The number of rotatable bonds is 3. The molecule has 0 spiro atoms. The maximum atomic E-state index is 4.31. The number of nitrogens with one attached hydrogen (secondary N) is 2. The molecule has 0 saturated carbocycles. The van der Waals surface area contributed by atoms with Gasteiger partial charge in [0, 0.05) is 24.5 Å². The Morgan fingerprint density at radius 2 is 2.12 bits per heavy atom. The quantitative estimate of drug-likeness (QED) is 0.847. The van der Waals surface area contributed by atoms with E-state index in [1.807, 2.05) is 24.8 Å². The molecule has 2 aromatic rings. The fourth-order valence-corrected chi connectivity index (χ4v) is 2.38. The molecule has 17 heavy (non-hydrogen) atoms. The van der Waals surface area contributed by atoms with E-state index in [4.69, 9.17) is 0 Å². The van der Waals surface area contributed by atoms with Crippen LogP contribution in [0.2, 0.25) is 0 Å². The molecular weight excluding hydrogens is 212 g/mol. The van der Waals surface area contributed by atoms with Crippen molar-refractivity contribution in [3.05, 3.63) is 41.5 Å². The highest BCUT2D eigenvalue weighted by Crippen LogP contribution is 2.26. The Morgan fingerprint density at radius 3 is 3.00 bits per heavy atom. The average Bonchev–Trinajstić information content (AvgIpc) is 2.89. The number of H-pyrrole nitrogens is 1. The molecule has 88 valence electrons. The van der Waals surface area contributed by atoms with Crippen LogP contribution < -0.4 is 5.32 Å².